The van der Waals surface area contributed by atoms with Gasteiger partial charge in [-0.2, -0.15) is 4.98 Å². The number of morpholine rings is 1. The molecule has 0 amide bonds. The number of rotatable bonds is 6. The second-order valence-corrected chi connectivity index (χ2v) is 6.22. The second kappa shape index (κ2) is 8.46. The zero-order chi connectivity index (χ0) is 18.3. The van der Waals surface area contributed by atoms with Crippen LogP contribution in [0.3, 0.4) is 0 Å². The zero-order valence-corrected chi connectivity index (χ0v) is 15.0. The topological polar surface area (TPSA) is 75.2 Å². The highest BCUT2D eigenvalue weighted by molar-refractivity contribution is 5.74. The van der Waals surface area contributed by atoms with E-state index < -0.39 is 0 Å². The van der Waals surface area contributed by atoms with Gasteiger partial charge in [0.1, 0.15) is 5.82 Å². The molecular weight excluding hydrogens is 340 g/mol. The van der Waals surface area contributed by atoms with Gasteiger partial charge in [0.15, 0.2) is 0 Å². The van der Waals surface area contributed by atoms with Crippen molar-refractivity contribution >= 4 is 23.1 Å². The maximum absolute atomic E-state index is 5.46. The minimum absolute atomic E-state index is 0.584. The average molecular weight is 362 g/mol. The van der Waals surface area contributed by atoms with Crippen LogP contribution in [0.1, 0.15) is 5.56 Å². The van der Waals surface area contributed by atoms with Gasteiger partial charge in [-0.15, -0.1) is 0 Å². The van der Waals surface area contributed by atoms with Crippen LogP contribution in [-0.2, 0) is 11.3 Å². The third-order valence-electron chi connectivity index (χ3n) is 4.37. The van der Waals surface area contributed by atoms with Crippen LogP contribution in [0.15, 0.2) is 61.1 Å². The molecule has 0 atom stereocenters. The standard InChI is InChI=1S/C20H22N6O/c1-2-4-18(26-11-13-27-14-12-26)17(3-1)24-19-7-10-22-20(25-19)23-15-16-5-8-21-9-6-16/h1-10H,11-15H2,(H2,22,23,24,25). The number of hydrogen-bond acceptors (Lipinski definition) is 7. The Kier molecular flexibility index (Phi) is 5.40. The molecule has 1 saturated heterocycles. The van der Waals surface area contributed by atoms with Crippen LogP contribution in [0.25, 0.3) is 0 Å². The van der Waals surface area contributed by atoms with Crippen molar-refractivity contribution in [2.75, 3.05) is 41.8 Å². The normalized spacial score (nSPS) is 14.0. The second-order valence-electron chi connectivity index (χ2n) is 6.22. The smallest absolute Gasteiger partial charge is 0.224 e. The number of aromatic nitrogens is 3. The van der Waals surface area contributed by atoms with Gasteiger partial charge in [-0.3, -0.25) is 4.98 Å². The maximum atomic E-state index is 5.46. The number of benzene rings is 1. The van der Waals surface area contributed by atoms with Crippen molar-refractivity contribution in [3.05, 3.63) is 66.6 Å². The quantitative estimate of drug-likeness (QED) is 0.698. The van der Waals surface area contributed by atoms with Gasteiger partial charge in [-0.1, -0.05) is 12.1 Å². The summed E-state index contributed by atoms with van der Waals surface area (Å²) in [5, 5.41) is 6.67. The van der Waals surface area contributed by atoms with Crippen molar-refractivity contribution < 1.29 is 4.74 Å². The van der Waals surface area contributed by atoms with Crippen molar-refractivity contribution in [3.63, 3.8) is 0 Å². The molecule has 3 heterocycles. The van der Waals surface area contributed by atoms with Crippen molar-refractivity contribution in [2.45, 2.75) is 6.54 Å². The van der Waals surface area contributed by atoms with Crippen molar-refractivity contribution in [3.8, 4) is 0 Å². The minimum atomic E-state index is 0.584. The summed E-state index contributed by atoms with van der Waals surface area (Å²) in [5.74, 6) is 1.34. The zero-order valence-electron chi connectivity index (χ0n) is 15.0. The van der Waals surface area contributed by atoms with Crippen LogP contribution >= 0.6 is 0 Å². The van der Waals surface area contributed by atoms with E-state index in [1.165, 1.54) is 0 Å². The fraction of sp³-hybridized carbons (Fsp3) is 0.250. The number of nitrogens with zero attached hydrogens (tertiary/aromatic N) is 4. The molecule has 0 radical (unpaired) electrons. The van der Waals surface area contributed by atoms with E-state index in [2.05, 4.69) is 48.7 Å². The van der Waals surface area contributed by atoms with E-state index in [0.717, 1.165) is 49.1 Å². The molecule has 0 aliphatic carbocycles. The van der Waals surface area contributed by atoms with Gasteiger partial charge in [0, 0.05) is 38.2 Å². The molecule has 2 N–H and O–H groups in total. The number of para-hydroxylation sites is 2. The summed E-state index contributed by atoms with van der Waals surface area (Å²) < 4.78 is 5.46. The van der Waals surface area contributed by atoms with Gasteiger partial charge < -0.3 is 20.3 Å². The van der Waals surface area contributed by atoms with Gasteiger partial charge in [0.25, 0.3) is 0 Å². The lowest BCUT2D eigenvalue weighted by Crippen LogP contribution is -2.36. The van der Waals surface area contributed by atoms with Crippen LogP contribution in [0.2, 0.25) is 0 Å². The summed E-state index contributed by atoms with van der Waals surface area (Å²) in [4.78, 5) is 15.2. The van der Waals surface area contributed by atoms with Crippen molar-refractivity contribution in [1.29, 1.82) is 0 Å². The molecule has 1 aromatic carbocycles. The third-order valence-corrected chi connectivity index (χ3v) is 4.37. The molecule has 1 fully saturated rings. The number of nitrogens with one attached hydrogen (secondary N) is 2. The lowest BCUT2D eigenvalue weighted by atomic mass is 10.2. The molecule has 0 unspecified atom stereocenters. The molecule has 7 heteroatoms. The molecule has 7 nitrogen and oxygen atoms in total. The first-order valence-corrected chi connectivity index (χ1v) is 9.03. The van der Waals surface area contributed by atoms with Gasteiger partial charge in [0.05, 0.1) is 24.6 Å². The highest BCUT2D eigenvalue weighted by Crippen LogP contribution is 2.28. The first kappa shape index (κ1) is 17.2. The van der Waals surface area contributed by atoms with E-state index in [1.54, 1.807) is 18.6 Å². The summed E-state index contributed by atoms with van der Waals surface area (Å²) in [6.07, 6.45) is 5.30. The predicted molar refractivity (Wildman–Crippen MR) is 106 cm³/mol. The lowest BCUT2D eigenvalue weighted by molar-refractivity contribution is 0.123. The summed E-state index contributed by atoms with van der Waals surface area (Å²) >= 11 is 0. The number of pyridine rings is 1. The highest BCUT2D eigenvalue weighted by atomic mass is 16.5. The van der Waals surface area contributed by atoms with E-state index in [4.69, 9.17) is 4.74 Å². The summed E-state index contributed by atoms with van der Waals surface area (Å²) in [7, 11) is 0. The summed E-state index contributed by atoms with van der Waals surface area (Å²) in [6.45, 7) is 3.94. The Morgan fingerprint density at radius 2 is 1.78 bits per heavy atom. The molecule has 2 aromatic heterocycles. The Labute approximate surface area is 158 Å². The van der Waals surface area contributed by atoms with E-state index in [1.807, 2.05) is 24.3 Å². The Morgan fingerprint density at radius 1 is 0.963 bits per heavy atom. The Bertz CT molecular complexity index is 867. The molecule has 138 valence electrons. The fourth-order valence-corrected chi connectivity index (χ4v) is 2.99. The highest BCUT2D eigenvalue weighted by Gasteiger charge is 2.14. The van der Waals surface area contributed by atoms with Gasteiger partial charge >= 0.3 is 0 Å². The fourth-order valence-electron chi connectivity index (χ4n) is 2.99. The largest absolute Gasteiger partial charge is 0.378 e. The number of hydrogen-bond donors (Lipinski definition) is 2. The Balaban J connectivity index is 1.47. The predicted octanol–water partition coefficient (Wildman–Crippen LogP) is 3.06. The molecule has 1 aliphatic rings. The molecule has 1 aliphatic heterocycles. The molecule has 0 bridgehead atoms. The minimum Gasteiger partial charge on any atom is -0.378 e. The van der Waals surface area contributed by atoms with E-state index >= 15 is 0 Å². The monoisotopic (exact) mass is 362 g/mol. The Morgan fingerprint density at radius 3 is 2.63 bits per heavy atom. The first-order chi connectivity index (χ1) is 13.4. The van der Waals surface area contributed by atoms with Gasteiger partial charge in [-0.25, -0.2) is 4.98 Å². The average Bonchev–Trinajstić information content (AvgIpc) is 2.74. The molecule has 3 aromatic rings. The maximum Gasteiger partial charge on any atom is 0.224 e. The van der Waals surface area contributed by atoms with Crippen LogP contribution in [0.4, 0.5) is 23.1 Å². The third kappa shape index (κ3) is 4.51. The lowest BCUT2D eigenvalue weighted by Gasteiger charge is -2.30. The van der Waals surface area contributed by atoms with Crippen molar-refractivity contribution in [1.82, 2.24) is 15.0 Å². The van der Waals surface area contributed by atoms with E-state index in [9.17, 15) is 0 Å². The molecule has 0 spiro atoms. The van der Waals surface area contributed by atoms with Gasteiger partial charge in [-0.05, 0) is 35.9 Å². The van der Waals surface area contributed by atoms with Crippen molar-refractivity contribution in [2.24, 2.45) is 0 Å². The molecule has 27 heavy (non-hydrogen) atoms. The van der Waals surface area contributed by atoms with Crippen LogP contribution in [0.5, 0.6) is 0 Å². The molecule has 0 saturated carbocycles. The number of ether oxygens (including phenoxy) is 1. The number of anilines is 4. The van der Waals surface area contributed by atoms with Gasteiger partial charge in [0.2, 0.25) is 5.95 Å². The summed E-state index contributed by atoms with van der Waals surface area (Å²) in [5.41, 5.74) is 3.31. The SMILES string of the molecule is c1ccc(N2CCOCC2)c(Nc2ccnc(NCc3ccncc3)n2)c1. The van der Waals surface area contributed by atoms with E-state index in [-0.39, 0.29) is 0 Å². The Hall–Kier alpha value is -3.19. The molecule has 4 rings (SSSR count). The van der Waals surface area contributed by atoms with E-state index in [0.29, 0.717) is 12.5 Å². The first-order valence-electron chi connectivity index (χ1n) is 9.03. The van der Waals surface area contributed by atoms with Crippen LogP contribution < -0.4 is 15.5 Å². The van der Waals surface area contributed by atoms with Crippen LogP contribution in [-0.4, -0.2) is 41.3 Å². The van der Waals surface area contributed by atoms with Crippen LogP contribution in [0, 0.1) is 0 Å². The summed E-state index contributed by atoms with van der Waals surface area (Å²) in [6, 6.07) is 14.1. The molecular formula is C20H22N6O.